The predicted octanol–water partition coefficient (Wildman–Crippen LogP) is 3.40. The molecule has 1 nitrogen and oxygen atoms in total. The summed E-state index contributed by atoms with van der Waals surface area (Å²) in [6.07, 6.45) is 5.55. The van der Waals surface area contributed by atoms with E-state index >= 15 is 0 Å². The third-order valence-corrected chi connectivity index (χ3v) is 2.70. The Hall–Kier alpha value is -0.600. The van der Waals surface area contributed by atoms with E-state index in [1.807, 2.05) is 0 Å². The van der Waals surface area contributed by atoms with Gasteiger partial charge in [0, 0.05) is 4.88 Å². The van der Waals surface area contributed by atoms with Gasteiger partial charge in [0.15, 0.2) is 0 Å². The monoisotopic (exact) mass is 209 g/mol. The van der Waals surface area contributed by atoms with E-state index in [0.29, 0.717) is 0 Å². The van der Waals surface area contributed by atoms with Gasteiger partial charge in [-0.3, -0.25) is 0 Å². The first-order chi connectivity index (χ1) is 6.79. The topological polar surface area (TPSA) is 12.0 Å². The van der Waals surface area contributed by atoms with Crippen LogP contribution >= 0.6 is 11.3 Å². The lowest BCUT2D eigenvalue weighted by atomic mass is 10.2. The van der Waals surface area contributed by atoms with Gasteiger partial charge in [-0.1, -0.05) is 26.0 Å². The van der Waals surface area contributed by atoms with E-state index < -0.39 is 0 Å². The molecule has 0 aliphatic heterocycles. The Labute approximate surface area is 90.9 Å². The highest BCUT2D eigenvalue weighted by Gasteiger charge is 1.90. The molecule has 1 rings (SSSR count). The van der Waals surface area contributed by atoms with Crippen molar-refractivity contribution < 1.29 is 0 Å². The van der Waals surface area contributed by atoms with Crippen LogP contribution < -0.4 is 5.32 Å². The number of hydrogen-bond acceptors (Lipinski definition) is 2. The highest BCUT2D eigenvalue weighted by atomic mass is 32.1. The molecule has 1 aromatic rings. The summed E-state index contributed by atoms with van der Waals surface area (Å²) in [5, 5.41) is 5.52. The zero-order valence-corrected chi connectivity index (χ0v) is 9.81. The lowest BCUT2D eigenvalue weighted by molar-refractivity contribution is 0.557. The molecule has 0 aliphatic carbocycles. The fourth-order valence-corrected chi connectivity index (χ4v) is 1.81. The van der Waals surface area contributed by atoms with Gasteiger partial charge in [-0.15, -0.1) is 11.3 Å². The van der Waals surface area contributed by atoms with E-state index in [9.17, 15) is 0 Å². The Kier molecular flexibility index (Phi) is 5.57. The van der Waals surface area contributed by atoms with Crippen molar-refractivity contribution in [1.29, 1.82) is 0 Å². The fourth-order valence-electron chi connectivity index (χ4n) is 1.16. The average molecular weight is 209 g/mol. The third-order valence-electron chi connectivity index (χ3n) is 1.87. The van der Waals surface area contributed by atoms with Crippen LogP contribution in [-0.2, 0) is 0 Å². The summed E-state index contributed by atoms with van der Waals surface area (Å²) >= 11 is 1.78. The Bertz CT molecular complexity index is 249. The molecular formula is C12H19NS. The minimum Gasteiger partial charge on any atom is -0.316 e. The van der Waals surface area contributed by atoms with E-state index in [1.165, 1.54) is 4.88 Å². The van der Waals surface area contributed by atoms with Crippen molar-refractivity contribution in [2.24, 2.45) is 5.92 Å². The van der Waals surface area contributed by atoms with Crippen molar-refractivity contribution >= 4 is 17.4 Å². The standard InChI is InChI=1S/C12H19NS/c1-11(2)10-13-8-4-3-6-12-7-5-9-14-12/h3,5-7,9,11,13H,4,8,10H2,1-2H3. The lowest BCUT2D eigenvalue weighted by Gasteiger charge is -2.04. The number of hydrogen-bond donors (Lipinski definition) is 1. The van der Waals surface area contributed by atoms with Gasteiger partial charge >= 0.3 is 0 Å². The maximum Gasteiger partial charge on any atom is 0.0267 e. The molecule has 0 unspecified atom stereocenters. The molecule has 0 amide bonds. The molecule has 1 heterocycles. The molecule has 0 aliphatic rings. The first-order valence-electron chi connectivity index (χ1n) is 5.20. The van der Waals surface area contributed by atoms with Gasteiger partial charge in [0.2, 0.25) is 0 Å². The Morgan fingerprint density at radius 3 is 3.00 bits per heavy atom. The van der Waals surface area contributed by atoms with Crippen LogP contribution in [0.3, 0.4) is 0 Å². The molecule has 1 N–H and O–H groups in total. The average Bonchev–Trinajstić information content (AvgIpc) is 2.63. The molecule has 2 heteroatoms. The largest absolute Gasteiger partial charge is 0.316 e. The second kappa shape index (κ2) is 6.80. The van der Waals surface area contributed by atoms with E-state index in [1.54, 1.807) is 11.3 Å². The lowest BCUT2D eigenvalue weighted by Crippen LogP contribution is -2.20. The second-order valence-electron chi connectivity index (χ2n) is 3.80. The van der Waals surface area contributed by atoms with Crippen molar-refractivity contribution in [2.45, 2.75) is 20.3 Å². The smallest absolute Gasteiger partial charge is 0.0267 e. The van der Waals surface area contributed by atoms with Gasteiger partial charge in [0.25, 0.3) is 0 Å². The van der Waals surface area contributed by atoms with Crippen molar-refractivity contribution in [2.75, 3.05) is 13.1 Å². The maximum absolute atomic E-state index is 3.42. The molecule has 0 atom stereocenters. The first kappa shape index (κ1) is 11.5. The van der Waals surface area contributed by atoms with Crippen LogP contribution in [0, 0.1) is 5.92 Å². The van der Waals surface area contributed by atoms with Crippen LogP contribution in [0.2, 0.25) is 0 Å². The Balaban J connectivity index is 2.04. The molecule has 78 valence electrons. The van der Waals surface area contributed by atoms with Gasteiger partial charge in [-0.05, 0) is 43.0 Å². The molecule has 0 saturated carbocycles. The van der Waals surface area contributed by atoms with Gasteiger partial charge in [0.05, 0.1) is 0 Å². The van der Waals surface area contributed by atoms with Gasteiger partial charge in [0.1, 0.15) is 0 Å². The van der Waals surface area contributed by atoms with Crippen LogP contribution in [0.1, 0.15) is 25.1 Å². The molecule has 1 aromatic heterocycles. The van der Waals surface area contributed by atoms with E-state index in [2.05, 4.69) is 48.8 Å². The molecule has 0 aromatic carbocycles. The van der Waals surface area contributed by atoms with Crippen molar-refractivity contribution in [3.05, 3.63) is 28.5 Å². The SMILES string of the molecule is CC(C)CNCCC=Cc1cccs1. The molecule has 0 fully saturated rings. The van der Waals surface area contributed by atoms with Crippen molar-refractivity contribution in [3.63, 3.8) is 0 Å². The van der Waals surface area contributed by atoms with E-state index in [0.717, 1.165) is 25.4 Å². The highest BCUT2D eigenvalue weighted by Crippen LogP contribution is 2.10. The van der Waals surface area contributed by atoms with Crippen LogP contribution in [0.25, 0.3) is 6.08 Å². The predicted molar refractivity (Wildman–Crippen MR) is 65.7 cm³/mol. The van der Waals surface area contributed by atoms with E-state index in [-0.39, 0.29) is 0 Å². The van der Waals surface area contributed by atoms with Gasteiger partial charge in [-0.2, -0.15) is 0 Å². The van der Waals surface area contributed by atoms with Crippen molar-refractivity contribution in [3.8, 4) is 0 Å². The zero-order chi connectivity index (χ0) is 10.2. The second-order valence-corrected chi connectivity index (χ2v) is 4.78. The molecular weight excluding hydrogens is 190 g/mol. The molecule has 0 bridgehead atoms. The minimum absolute atomic E-state index is 0.747. The normalized spacial score (nSPS) is 11.6. The minimum atomic E-state index is 0.747. The molecule has 14 heavy (non-hydrogen) atoms. The first-order valence-corrected chi connectivity index (χ1v) is 6.08. The van der Waals surface area contributed by atoms with E-state index in [4.69, 9.17) is 0 Å². The summed E-state index contributed by atoms with van der Waals surface area (Å²) in [6.45, 7) is 6.66. The Morgan fingerprint density at radius 1 is 1.50 bits per heavy atom. The van der Waals surface area contributed by atoms with Crippen LogP contribution in [0.4, 0.5) is 0 Å². The quantitative estimate of drug-likeness (QED) is 0.708. The van der Waals surface area contributed by atoms with Gasteiger partial charge < -0.3 is 5.32 Å². The summed E-state index contributed by atoms with van der Waals surface area (Å²) in [6, 6.07) is 4.23. The van der Waals surface area contributed by atoms with Crippen LogP contribution in [-0.4, -0.2) is 13.1 Å². The summed E-state index contributed by atoms with van der Waals surface area (Å²) in [5.41, 5.74) is 0. The fraction of sp³-hybridized carbons (Fsp3) is 0.500. The molecule has 0 spiro atoms. The van der Waals surface area contributed by atoms with Gasteiger partial charge in [-0.25, -0.2) is 0 Å². The number of rotatable bonds is 6. The third kappa shape index (κ3) is 5.20. The summed E-state index contributed by atoms with van der Waals surface area (Å²) in [4.78, 5) is 1.34. The van der Waals surface area contributed by atoms with Crippen LogP contribution in [0.15, 0.2) is 23.6 Å². The maximum atomic E-state index is 3.42. The Morgan fingerprint density at radius 2 is 2.36 bits per heavy atom. The highest BCUT2D eigenvalue weighted by molar-refractivity contribution is 7.10. The zero-order valence-electron chi connectivity index (χ0n) is 8.99. The van der Waals surface area contributed by atoms with Crippen LogP contribution in [0.5, 0.6) is 0 Å². The summed E-state index contributed by atoms with van der Waals surface area (Å²) < 4.78 is 0. The summed E-state index contributed by atoms with van der Waals surface area (Å²) in [5.74, 6) is 0.747. The summed E-state index contributed by atoms with van der Waals surface area (Å²) in [7, 11) is 0. The molecule has 0 saturated heterocycles. The number of thiophene rings is 1. The van der Waals surface area contributed by atoms with Crippen molar-refractivity contribution in [1.82, 2.24) is 5.32 Å². The molecule has 0 radical (unpaired) electrons. The number of nitrogens with one attached hydrogen (secondary N) is 1.